The van der Waals surface area contributed by atoms with Crippen molar-refractivity contribution in [2.24, 2.45) is 4.99 Å². The van der Waals surface area contributed by atoms with E-state index < -0.39 is 12.7 Å². The quantitative estimate of drug-likeness (QED) is 0.260. The van der Waals surface area contributed by atoms with Crippen LogP contribution in [0.5, 0.6) is 0 Å². The van der Waals surface area contributed by atoms with E-state index in [-0.39, 0.29) is 30.0 Å². The molecule has 9 heteroatoms. The van der Waals surface area contributed by atoms with Gasteiger partial charge in [0.2, 0.25) is 0 Å². The van der Waals surface area contributed by atoms with Crippen molar-refractivity contribution < 1.29 is 13.2 Å². The van der Waals surface area contributed by atoms with Gasteiger partial charge in [-0.05, 0) is 39.2 Å². The van der Waals surface area contributed by atoms with Crippen LogP contribution in [0.4, 0.5) is 13.2 Å². The van der Waals surface area contributed by atoms with Crippen molar-refractivity contribution in [3.05, 3.63) is 0 Å². The Kier molecular flexibility index (Phi) is 10.5. The summed E-state index contributed by atoms with van der Waals surface area (Å²) in [5.74, 6) is 0.686. The van der Waals surface area contributed by atoms with Gasteiger partial charge in [0.1, 0.15) is 0 Å². The maximum absolute atomic E-state index is 12.4. The van der Waals surface area contributed by atoms with Gasteiger partial charge in [0.05, 0.1) is 6.54 Å². The minimum absolute atomic E-state index is 0. The average molecular weight is 491 g/mol. The van der Waals surface area contributed by atoms with Gasteiger partial charge in [-0.1, -0.05) is 6.42 Å². The summed E-state index contributed by atoms with van der Waals surface area (Å²) in [6.07, 6.45) is 1.53. The number of likely N-dealkylation sites (tertiary alicyclic amines) is 2. The smallest absolute Gasteiger partial charge is 0.356 e. The molecule has 0 spiro atoms. The van der Waals surface area contributed by atoms with Crippen molar-refractivity contribution in [3.63, 3.8) is 0 Å². The molecule has 0 aromatic heterocycles. The van der Waals surface area contributed by atoms with Gasteiger partial charge in [0.15, 0.2) is 5.96 Å². The fourth-order valence-electron chi connectivity index (χ4n) is 3.71. The van der Waals surface area contributed by atoms with Gasteiger partial charge in [-0.15, -0.1) is 24.0 Å². The Morgan fingerprint density at radius 2 is 1.96 bits per heavy atom. The number of aliphatic imine (C=N–C) groups is 1. The Labute approximate surface area is 172 Å². The second kappa shape index (κ2) is 11.5. The predicted octanol–water partition coefficient (Wildman–Crippen LogP) is 2.67. The van der Waals surface area contributed by atoms with E-state index in [1.807, 2.05) is 0 Å². The molecule has 2 unspecified atom stereocenters. The first-order valence-corrected chi connectivity index (χ1v) is 9.37. The van der Waals surface area contributed by atoms with Crippen LogP contribution >= 0.6 is 24.0 Å². The molecular weight excluding hydrogens is 458 g/mol. The largest absolute Gasteiger partial charge is 0.401 e. The Hall–Kier alpha value is -0.290. The summed E-state index contributed by atoms with van der Waals surface area (Å²) in [5, 5.41) is 6.53. The van der Waals surface area contributed by atoms with Gasteiger partial charge in [-0.3, -0.25) is 9.89 Å². The van der Waals surface area contributed by atoms with Crippen LogP contribution in [-0.2, 0) is 0 Å². The molecule has 2 aliphatic rings. The minimum Gasteiger partial charge on any atom is -0.356 e. The fraction of sp³-hybridized carbons (Fsp3) is 0.941. The van der Waals surface area contributed by atoms with Gasteiger partial charge in [0.25, 0.3) is 0 Å². The lowest BCUT2D eigenvalue weighted by Crippen LogP contribution is -2.46. The second-order valence-electron chi connectivity index (χ2n) is 7.21. The normalized spacial score (nSPS) is 25.8. The van der Waals surface area contributed by atoms with E-state index in [2.05, 4.69) is 27.4 Å². The van der Waals surface area contributed by atoms with Crippen molar-refractivity contribution in [2.45, 2.75) is 57.3 Å². The van der Waals surface area contributed by atoms with Crippen molar-refractivity contribution in [3.8, 4) is 0 Å². The lowest BCUT2D eigenvalue weighted by molar-refractivity contribution is -0.143. The van der Waals surface area contributed by atoms with Crippen LogP contribution in [0.3, 0.4) is 0 Å². The van der Waals surface area contributed by atoms with E-state index in [4.69, 9.17) is 0 Å². The highest BCUT2D eigenvalue weighted by Crippen LogP contribution is 2.20. The van der Waals surface area contributed by atoms with Crippen LogP contribution in [0, 0.1) is 0 Å². The predicted molar refractivity (Wildman–Crippen MR) is 110 cm³/mol. The molecule has 2 fully saturated rings. The average Bonchev–Trinajstić information content (AvgIpc) is 2.96. The molecule has 0 amide bonds. The molecule has 0 radical (unpaired) electrons. The van der Waals surface area contributed by atoms with Crippen LogP contribution in [0.1, 0.15) is 39.0 Å². The molecule has 2 atom stereocenters. The Bertz CT molecular complexity index is 433. The van der Waals surface area contributed by atoms with E-state index in [1.54, 1.807) is 7.05 Å². The monoisotopic (exact) mass is 491 g/mol. The maximum Gasteiger partial charge on any atom is 0.401 e. The van der Waals surface area contributed by atoms with E-state index in [1.165, 1.54) is 30.7 Å². The van der Waals surface area contributed by atoms with Gasteiger partial charge in [-0.25, -0.2) is 0 Å². The highest BCUT2D eigenvalue weighted by Gasteiger charge is 2.34. The van der Waals surface area contributed by atoms with E-state index in [0.717, 1.165) is 19.5 Å². The SMILES string of the molecule is CN=C(NCCCN1CCCCC1C)NC1CCN(CC(F)(F)F)C1.I. The first-order chi connectivity index (χ1) is 11.9. The van der Waals surface area contributed by atoms with Gasteiger partial charge in [0, 0.05) is 45.3 Å². The fourth-order valence-corrected chi connectivity index (χ4v) is 3.71. The molecular formula is C17H33F3IN5. The van der Waals surface area contributed by atoms with Crippen molar-refractivity contribution >= 4 is 29.9 Å². The van der Waals surface area contributed by atoms with Gasteiger partial charge < -0.3 is 15.5 Å². The minimum atomic E-state index is -4.12. The van der Waals surface area contributed by atoms with Crippen molar-refractivity contribution in [2.75, 3.05) is 46.3 Å². The maximum atomic E-state index is 12.4. The molecule has 154 valence electrons. The number of hydrogen-bond donors (Lipinski definition) is 2. The third kappa shape index (κ3) is 8.60. The van der Waals surface area contributed by atoms with E-state index >= 15 is 0 Å². The number of nitrogens with one attached hydrogen (secondary N) is 2. The third-order valence-corrected chi connectivity index (χ3v) is 5.09. The van der Waals surface area contributed by atoms with Crippen LogP contribution in [0.15, 0.2) is 4.99 Å². The zero-order valence-corrected chi connectivity index (χ0v) is 18.1. The third-order valence-electron chi connectivity index (χ3n) is 5.09. The van der Waals surface area contributed by atoms with Crippen LogP contribution < -0.4 is 10.6 Å². The summed E-state index contributed by atoms with van der Waals surface area (Å²) in [4.78, 5) is 8.17. The van der Waals surface area contributed by atoms with Gasteiger partial charge in [-0.2, -0.15) is 13.2 Å². The lowest BCUT2D eigenvalue weighted by Gasteiger charge is -2.33. The number of guanidine groups is 1. The van der Waals surface area contributed by atoms with Crippen LogP contribution in [-0.4, -0.2) is 80.3 Å². The molecule has 0 aromatic carbocycles. The zero-order valence-electron chi connectivity index (χ0n) is 15.8. The summed E-state index contributed by atoms with van der Waals surface area (Å²) >= 11 is 0. The summed E-state index contributed by atoms with van der Waals surface area (Å²) in [7, 11) is 1.70. The summed E-state index contributed by atoms with van der Waals surface area (Å²) in [6, 6.07) is 0.694. The molecule has 2 aliphatic heterocycles. The molecule has 2 rings (SSSR count). The molecule has 2 N–H and O–H groups in total. The molecule has 2 saturated heterocycles. The summed E-state index contributed by atoms with van der Waals surface area (Å²) in [5.41, 5.74) is 0. The molecule has 0 bridgehead atoms. The number of nitrogens with zero attached hydrogens (tertiary/aromatic N) is 3. The number of rotatable bonds is 6. The van der Waals surface area contributed by atoms with Crippen LogP contribution in [0.25, 0.3) is 0 Å². The van der Waals surface area contributed by atoms with Crippen LogP contribution in [0.2, 0.25) is 0 Å². The lowest BCUT2D eigenvalue weighted by atomic mass is 10.0. The standard InChI is InChI=1S/C17H32F3N5.HI/c1-14-6-3-4-9-25(14)10-5-8-22-16(21-2)23-15-7-11-24(12-15)13-17(18,19)20;/h14-15H,3-13H2,1-2H3,(H2,21,22,23);1H. The number of halogens is 4. The first kappa shape index (κ1) is 23.7. The topological polar surface area (TPSA) is 42.9 Å². The highest BCUT2D eigenvalue weighted by molar-refractivity contribution is 14.0. The Balaban J connectivity index is 0.00000338. The van der Waals surface area contributed by atoms with E-state index in [0.29, 0.717) is 31.5 Å². The molecule has 2 heterocycles. The molecule has 0 aromatic rings. The zero-order chi connectivity index (χ0) is 18.3. The first-order valence-electron chi connectivity index (χ1n) is 9.37. The number of hydrogen-bond acceptors (Lipinski definition) is 3. The van der Waals surface area contributed by atoms with Crippen molar-refractivity contribution in [1.29, 1.82) is 0 Å². The number of alkyl halides is 3. The highest BCUT2D eigenvalue weighted by atomic mass is 127. The van der Waals surface area contributed by atoms with E-state index in [9.17, 15) is 13.2 Å². The Morgan fingerprint density at radius 1 is 1.19 bits per heavy atom. The second-order valence-corrected chi connectivity index (χ2v) is 7.21. The summed E-state index contributed by atoms with van der Waals surface area (Å²) in [6.45, 7) is 5.43. The van der Waals surface area contributed by atoms with Gasteiger partial charge >= 0.3 is 6.18 Å². The molecule has 0 saturated carbocycles. The summed E-state index contributed by atoms with van der Waals surface area (Å²) < 4.78 is 37.3. The Morgan fingerprint density at radius 3 is 2.62 bits per heavy atom. The number of piperidine rings is 1. The molecule has 26 heavy (non-hydrogen) atoms. The molecule has 0 aliphatic carbocycles. The molecule has 5 nitrogen and oxygen atoms in total. The van der Waals surface area contributed by atoms with Crippen molar-refractivity contribution in [1.82, 2.24) is 20.4 Å².